The highest BCUT2D eigenvalue weighted by atomic mass is 16.5. The predicted octanol–water partition coefficient (Wildman–Crippen LogP) is 0.634. The summed E-state index contributed by atoms with van der Waals surface area (Å²) in [6, 6.07) is 7.47. The van der Waals surface area contributed by atoms with Crippen LogP contribution in [0, 0.1) is 5.21 Å². The minimum absolute atomic E-state index is 0.663. The molecule has 2 aromatic heterocycles. The molecule has 2 heterocycles. The van der Waals surface area contributed by atoms with Crippen molar-refractivity contribution in [2.45, 2.75) is 6.42 Å². The number of nitrogens with zero attached hydrogens (tertiary/aromatic N) is 2. The second-order valence-electron chi connectivity index (χ2n) is 2.78. The summed E-state index contributed by atoms with van der Waals surface area (Å²) in [4.78, 5) is 4.83. The first-order chi connectivity index (χ1) is 6.34. The molecule has 0 spiro atoms. The maximum atomic E-state index is 10.7. The van der Waals surface area contributed by atoms with Crippen LogP contribution in [0.15, 0.2) is 36.7 Å². The maximum absolute atomic E-state index is 10.7. The molecule has 0 atom stereocenters. The molecule has 2 rings (SSSR count). The van der Waals surface area contributed by atoms with Gasteiger partial charge in [-0.1, -0.05) is 10.9 Å². The standard InChI is InChI=1S/C9H9N3O/c13-12-6-4-9(11-12)7-8-3-1-2-5-10-8/h1-6,11H,7H2. The van der Waals surface area contributed by atoms with Crippen LogP contribution in [0.5, 0.6) is 0 Å². The van der Waals surface area contributed by atoms with E-state index >= 15 is 0 Å². The zero-order valence-corrected chi connectivity index (χ0v) is 6.97. The number of hydrogen-bond acceptors (Lipinski definition) is 2. The second kappa shape index (κ2) is 3.26. The largest absolute Gasteiger partial charge is 0.596 e. The number of H-pyrrole nitrogens is 1. The van der Waals surface area contributed by atoms with Gasteiger partial charge in [-0.25, -0.2) is 0 Å². The van der Waals surface area contributed by atoms with Gasteiger partial charge in [-0.3, -0.25) is 4.98 Å². The summed E-state index contributed by atoms with van der Waals surface area (Å²) in [5, 5.41) is 13.4. The lowest BCUT2D eigenvalue weighted by Gasteiger charge is -1.94. The zero-order valence-electron chi connectivity index (χ0n) is 6.97. The zero-order chi connectivity index (χ0) is 9.10. The highest BCUT2D eigenvalue weighted by Crippen LogP contribution is 2.01. The Labute approximate surface area is 75.4 Å². The van der Waals surface area contributed by atoms with Gasteiger partial charge in [0.1, 0.15) is 0 Å². The summed E-state index contributed by atoms with van der Waals surface area (Å²) in [7, 11) is 0. The minimum Gasteiger partial charge on any atom is -0.596 e. The van der Waals surface area contributed by atoms with Crippen LogP contribution in [-0.4, -0.2) is 10.1 Å². The van der Waals surface area contributed by atoms with Gasteiger partial charge in [0, 0.05) is 24.4 Å². The molecule has 0 saturated heterocycles. The molecule has 4 nitrogen and oxygen atoms in total. The number of rotatable bonds is 2. The van der Waals surface area contributed by atoms with Crippen molar-refractivity contribution in [2.24, 2.45) is 0 Å². The molecule has 2 aromatic rings. The van der Waals surface area contributed by atoms with E-state index in [0.717, 1.165) is 11.4 Å². The Hall–Kier alpha value is -1.84. The lowest BCUT2D eigenvalue weighted by atomic mass is 10.2. The smallest absolute Gasteiger partial charge is 0.209 e. The monoisotopic (exact) mass is 175 g/mol. The third-order valence-corrected chi connectivity index (χ3v) is 1.76. The molecule has 0 saturated carbocycles. The van der Waals surface area contributed by atoms with Gasteiger partial charge >= 0.3 is 0 Å². The maximum Gasteiger partial charge on any atom is 0.209 e. The molecular formula is C9H9N3O. The molecule has 0 aliphatic carbocycles. The van der Waals surface area contributed by atoms with Crippen LogP contribution < -0.4 is 4.85 Å². The number of aromatic nitrogens is 3. The van der Waals surface area contributed by atoms with Crippen LogP contribution in [0.1, 0.15) is 11.4 Å². The van der Waals surface area contributed by atoms with Gasteiger partial charge in [0.25, 0.3) is 0 Å². The van der Waals surface area contributed by atoms with Crippen LogP contribution in [-0.2, 0) is 6.42 Å². The van der Waals surface area contributed by atoms with Gasteiger partial charge in [0.05, 0.1) is 5.69 Å². The molecule has 1 N–H and O–H groups in total. The Morgan fingerprint density at radius 2 is 2.31 bits per heavy atom. The van der Waals surface area contributed by atoms with Crippen molar-refractivity contribution in [1.29, 1.82) is 0 Å². The van der Waals surface area contributed by atoms with Crippen molar-refractivity contribution in [3.05, 3.63) is 53.3 Å². The molecule has 0 aliphatic rings. The molecular weight excluding hydrogens is 166 g/mol. The summed E-state index contributed by atoms with van der Waals surface area (Å²) in [5.74, 6) is 0. The van der Waals surface area contributed by atoms with E-state index < -0.39 is 0 Å². The van der Waals surface area contributed by atoms with Gasteiger partial charge < -0.3 is 5.21 Å². The number of aromatic amines is 1. The Kier molecular flexibility index (Phi) is 1.96. The van der Waals surface area contributed by atoms with Crippen molar-refractivity contribution in [1.82, 2.24) is 10.1 Å². The predicted molar refractivity (Wildman–Crippen MR) is 46.8 cm³/mol. The van der Waals surface area contributed by atoms with Crippen molar-refractivity contribution in [3.63, 3.8) is 0 Å². The van der Waals surface area contributed by atoms with Gasteiger partial charge in [0.2, 0.25) is 6.20 Å². The Morgan fingerprint density at radius 3 is 2.92 bits per heavy atom. The molecule has 4 heteroatoms. The van der Waals surface area contributed by atoms with Crippen molar-refractivity contribution < 1.29 is 4.85 Å². The molecule has 0 radical (unpaired) electrons. The lowest BCUT2D eigenvalue weighted by molar-refractivity contribution is -0.665. The third kappa shape index (κ3) is 1.84. The van der Waals surface area contributed by atoms with Crippen LogP contribution in [0.25, 0.3) is 0 Å². The van der Waals surface area contributed by atoms with Crippen LogP contribution in [0.3, 0.4) is 0 Å². The number of pyridine rings is 1. The molecule has 0 fully saturated rings. The highest BCUT2D eigenvalue weighted by molar-refractivity contribution is 5.11. The Morgan fingerprint density at radius 1 is 1.38 bits per heavy atom. The third-order valence-electron chi connectivity index (χ3n) is 1.76. The van der Waals surface area contributed by atoms with Crippen LogP contribution >= 0.6 is 0 Å². The van der Waals surface area contributed by atoms with Crippen molar-refractivity contribution >= 4 is 0 Å². The Balaban J connectivity index is 2.15. The first-order valence-electron chi connectivity index (χ1n) is 4.01. The summed E-state index contributed by atoms with van der Waals surface area (Å²) >= 11 is 0. The summed E-state index contributed by atoms with van der Waals surface area (Å²) in [6.07, 6.45) is 3.85. The molecule has 0 aliphatic heterocycles. The van der Waals surface area contributed by atoms with E-state index in [9.17, 15) is 5.21 Å². The fourth-order valence-electron chi connectivity index (χ4n) is 1.17. The molecule has 0 bridgehead atoms. The van der Waals surface area contributed by atoms with E-state index in [-0.39, 0.29) is 0 Å². The molecule has 0 aromatic carbocycles. The van der Waals surface area contributed by atoms with E-state index in [1.165, 1.54) is 6.20 Å². The summed E-state index contributed by atoms with van der Waals surface area (Å²) < 4.78 is 0. The Bertz CT molecular complexity index is 383. The quantitative estimate of drug-likeness (QED) is 0.537. The fourth-order valence-corrected chi connectivity index (χ4v) is 1.17. The van der Waals surface area contributed by atoms with Crippen molar-refractivity contribution in [2.75, 3.05) is 0 Å². The first-order valence-corrected chi connectivity index (χ1v) is 4.01. The molecule has 0 unspecified atom stereocenters. The van der Waals surface area contributed by atoms with Gasteiger partial charge in [-0.15, -0.1) is 0 Å². The highest BCUT2D eigenvalue weighted by Gasteiger charge is 2.01. The minimum atomic E-state index is 0.663. The van der Waals surface area contributed by atoms with E-state index in [4.69, 9.17) is 0 Å². The van der Waals surface area contributed by atoms with Crippen LogP contribution in [0.4, 0.5) is 0 Å². The second-order valence-corrected chi connectivity index (χ2v) is 2.78. The van der Waals surface area contributed by atoms with Gasteiger partial charge in [0.15, 0.2) is 0 Å². The average molecular weight is 175 g/mol. The lowest BCUT2D eigenvalue weighted by Crippen LogP contribution is -2.26. The SMILES string of the molecule is [O-][n+]1ccc(Cc2ccccn2)[nH]1. The van der Waals surface area contributed by atoms with Gasteiger partial charge in [-0.2, -0.15) is 5.10 Å². The average Bonchev–Trinajstić information content (AvgIpc) is 2.53. The molecule has 66 valence electrons. The van der Waals surface area contributed by atoms with Gasteiger partial charge in [-0.05, 0) is 12.1 Å². The van der Waals surface area contributed by atoms with Crippen molar-refractivity contribution in [3.8, 4) is 0 Å². The topological polar surface area (TPSA) is 55.6 Å². The fraction of sp³-hybridized carbons (Fsp3) is 0.111. The number of hydrogen-bond donors (Lipinski definition) is 1. The van der Waals surface area contributed by atoms with Crippen LogP contribution in [0.2, 0.25) is 0 Å². The number of nitrogens with one attached hydrogen (secondary N) is 1. The molecule has 0 amide bonds. The van der Waals surface area contributed by atoms with E-state index in [0.29, 0.717) is 11.3 Å². The van der Waals surface area contributed by atoms with E-state index in [1.807, 2.05) is 18.2 Å². The normalized spacial score (nSPS) is 10.2. The molecule has 13 heavy (non-hydrogen) atoms. The summed E-state index contributed by atoms with van der Waals surface area (Å²) in [5.41, 5.74) is 1.82. The van der Waals surface area contributed by atoms with E-state index in [1.54, 1.807) is 12.3 Å². The first kappa shape index (κ1) is 7.79. The van der Waals surface area contributed by atoms with E-state index in [2.05, 4.69) is 10.1 Å². The summed E-state index contributed by atoms with van der Waals surface area (Å²) in [6.45, 7) is 0.